The molecule has 1 N–H and O–H groups in total. The summed E-state index contributed by atoms with van der Waals surface area (Å²) in [5, 5.41) is 2.80. The van der Waals surface area contributed by atoms with E-state index < -0.39 is 17.8 Å². The third-order valence-corrected chi connectivity index (χ3v) is 3.44. The molecular weight excluding hydrogens is 336 g/mol. The molecule has 1 aromatic heterocycles. The van der Waals surface area contributed by atoms with Crippen molar-refractivity contribution in [2.75, 3.05) is 26.0 Å². The van der Waals surface area contributed by atoms with E-state index in [0.717, 1.165) is 0 Å². The predicted molar refractivity (Wildman–Crippen MR) is 87.1 cm³/mol. The lowest BCUT2D eigenvalue weighted by Gasteiger charge is -2.15. The lowest BCUT2D eigenvalue weighted by Crippen LogP contribution is -2.34. The van der Waals surface area contributed by atoms with Crippen molar-refractivity contribution in [1.82, 2.24) is 4.90 Å². The van der Waals surface area contributed by atoms with E-state index in [1.807, 2.05) is 0 Å². The van der Waals surface area contributed by atoms with E-state index >= 15 is 0 Å². The molecule has 0 aliphatic heterocycles. The monoisotopic (exact) mass is 350 g/mol. The molecule has 24 heavy (non-hydrogen) atoms. The second kappa shape index (κ2) is 7.65. The van der Waals surface area contributed by atoms with Crippen LogP contribution in [0, 0.1) is 0 Å². The number of hydrogen-bond acceptors (Lipinski definition) is 5. The first-order valence-corrected chi connectivity index (χ1v) is 7.27. The number of amides is 2. The average Bonchev–Trinajstić information content (AvgIpc) is 3.09. The number of esters is 1. The number of methoxy groups -OCH3 is 1. The molecule has 126 valence electrons. The largest absolute Gasteiger partial charge is 0.465 e. The Morgan fingerprint density at radius 3 is 2.67 bits per heavy atom. The number of halogens is 1. The maximum atomic E-state index is 12.0. The van der Waals surface area contributed by atoms with Crippen LogP contribution >= 0.6 is 11.6 Å². The van der Waals surface area contributed by atoms with Crippen LogP contribution in [0.4, 0.5) is 5.69 Å². The van der Waals surface area contributed by atoms with E-state index in [-0.39, 0.29) is 22.9 Å². The minimum atomic E-state index is -0.610. The van der Waals surface area contributed by atoms with Gasteiger partial charge in [-0.05, 0) is 30.3 Å². The number of furan rings is 1. The molecule has 0 aliphatic rings. The molecule has 0 radical (unpaired) electrons. The van der Waals surface area contributed by atoms with Crippen molar-refractivity contribution in [1.29, 1.82) is 0 Å². The molecule has 0 fully saturated rings. The normalized spacial score (nSPS) is 10.1. The van der Waals surface area contributed by atoms with Gasteiger partial charge in [0.1, 0.15) is 0 Å². The number of carbonyl (C=O) groups excluding carboxylic acids is 3. The van der Waals surface area contributed by atoms with Crippen molar-refractivity contribution in [3.63, 3.8) is 0 Å². The SMILES string of the molecule is COC(=O)c1cc(NC(=O)CN(C)C(=O)c2ccco2)ccc1Cl. The summed E-state index contributed by atoms with van der Waals surface area (Å²) in [7, 11) is 2.71. The van der Waals surface area contributed by atoms with Crippen LogP contribution in [-0.4, -0.2) is 43.4 Å². The van der Waals surface area contributed by atoms with Crippen LogP contribution in [0.25, 0.3) is 0 Å². The molecule has 7 nitrogen and oxygen atoms in total. The molecule has 8 heteroatoms. The van der Waals surface area contributed by atoms with Gasteiger partial charge in [-0.2, -0.15) is 0 Å². The number of hydrogen-bond donors (Lipinski definition) is 1. The molecule has 0 aliphatic carbocycles. The third kappa shape index (κ3) is 4.14. The maximum Gasteiger partial charge on any atom is 0.339 e. The van der Waals surface area contributed by atoms with Crippen molar-refractivity contribution in [2.45, 2.75) is 0 Å². The molecule has 0 unspecified atom stereocenters. The first kappa shape index (κ1) is 17.6. The smallest absolute Gasteiger partial charge is 0.339 e. The van der Waals surface area contributed by atoms with Gasteiger partial charge in [0.2, 0.25) is 5.91 Å². The summed E-state index contributed by atoms with van der Waals surface area (Å²) in [4.78, 5) is 36.8. The summed E-state index contributed by atoms with van der Waals surface area (Å²) in [5.74, 6) is -1.32. The second-order valence-electron chi connectivity index (χ2n) is 4.87. The summed E-state index contributed by atoms with van der Waals surface area (Å²) in [5.41, 5.74) is 0.501. The Bertz CT molecular complexity index is 758. The van der Waals surface area contributed by atoms with E-state index in [0.29, 0.717) is 5.69 Å². The van der Waals surface area contributed by atoms with Gasteiger partial charge in [0, 0.05) is 12.7 Å². The highest BCUT2D eigenvalue weighted by molar-refractivity contribution is 6.33. The quantitative estimate of drug-likeness (QED) is 0.836. The summed E-state index contributed by atoms with van der Waals surface area (Å²) in [6.07, 6.45) is 1.38. The fourth-order valence-electron chi connectivity index (χ4n) is 1.95. The Hall–Kier alpha value is -2.80. The van der Waals surface area contributed by atoms with Gasteiger partial charge in [0.25, 0.3) is 5.91 Å². The first-order chi connectivity index (χ1) is 11.4. The van der Waals surface area contributed by atoms with Crippen molar-refractivity contribution in [2.24, 2.45) is 0 Å². The van der Waals surface area contributed by atoms with E-state index in [1.165, 1.54) is 43.5 Å². The number of nitrogens with one attached hydrogen (secondary N) is 1. The molecule has 0 bridgehead atoms. The summed E-state index contributed by atoms with van der Waals surface area (Å²) < 4.78 is 9.61. The van der Waals surface area contributed by atoms with Crippen LogP contribution in [0.3, 0.4) is 0 Å². The van der Waals surface area contributed by atoms with Gasteiger partial charge in [-0.3, -0.25) is 9.59 Å². The van der Waals surface area contributed by atoms with Crippen molar-refractivity contribution >= 4 is 35.1 Å². The lowest BCUT2D eigenvalue weighted by atomic mass is 10.2. The van der Waals surface area contributed by atoms with Gasteiger partial charge < -0.3 is 19.4 Å². The number of likely N-dealkylation sites (N-methyl/N-ethyl adjacent to an activating group) is 1. The number of benzene rings is 1. The molecule has 0 atom stereocenters. The number of rotatable bonds is 5. The number of anilines is 1. The Labute approximate surface area is 143 Å². The molecule has 2 amide bonds. The number of carbonyl (C=O) groups is 3. The Balaban J connectivity index is 2.02. The Morgan fingerprint density at radius 1 is 1.29 bits per heavy atom. The van der Waals surface area contributed by atoms with Gasteiger partial charge in [0.15, 0.2) is 5.76 Å². The summed E-state index contributed by atoms with van der Waals surface area (Å²) in [6.45, 7) is -0.185. The third-order valence-electron chi connectivity index (χ3n) is 3.11. The van der Waals surface area contributed by atoms with E-state index in [9.17, 15) is 14.4 Å². The van der Waals surface area contributed by atoms with Crippen LogP contribution < -0.4 is 5.32 Å². The van der Waals surface area contributed by atoms with Crippen LogP contribution in [0.15, 0.2) is 41.0 Å². The highest BCUT2D eigenvalue weighted by Gasteiger charge is 2.18. The van der Waals surface area contributed by atoms with E-state index in [2.05, 4.69) is 10.1 Å². The van der Waals surface area contributed by atoms with Crippen LogP contribution in [0.5, 0.6) is 0 Å². The number of nitrogens with zero attached hydrogens (tertiary/aromatic N) is 1. The fourth-order valence-corrected chi connectivity index (χ4v) is 2.14. The van der Waals surface area contributed by atoms with Gasteiger partial charge in [0.05, 0.1) is 30.5 Å². The van der Waals surface area contributed by atoms with Gasteiger partial charge in [-0.15, -0.1) is 0 Å². The summed E-state index contributed by atoms with van der Waals surface area (Å²) in [6, 6.07) is 7.52. The highest BCUT2D eigenvalue weighted by atomic mass is 35.5. The van der Waals surface area contributed by atoms with Crippen molar-refractivity contribution in [3.8, 4) is 0 Å². The van der Waals surface area contributed by atoms with Gasteiger partial charge in [-0.25, -0.2) is 4.79 Å². The molecule has 1 aromatic carbocycles. The average molecular weight is 351 g/mol. The van der Waals surface area contributed by atoms with Gasteiger partial charge >= 0.3 is 5.97 Å². The second-order valence-corrected chi connectivity index (χ2v) is 5.28. The maximum absolute atomic E-state index is 12.0. The summed E-state index contributed by atoms with van der Waals surface area (Å²) >= 11 is 5.91. The molecular formula is C16H15ClN2O5. The van der Waals surface area contributed by atoms with Crippen LogP contribution in [0.2, 0.25) is 5.02 Å². The molecule has 1 heterocycles. The standard InChI is InChI=1S/C16H15ClN2O5/c1-19(15(21)13-4-3-7-24-13)9-14(20)18-10-5-6-12(17)11(8-10)16(22)23-2/h3-8H,9H2,1-2H3,(H,18,20). The van der Waals surface area contributed by atoms with Crippen LogP contribution in [-0.2, 0) is 9.53 Å². The fraction of sp³-hybridized carbons (Fsp3) is 0.188. The zero-order valence-corrected chi connectivity index (χ0v) is 13.8. The van der Waals surface area contributed by atoms with Crippen molar-refractivity contribution in [3.05, 3.63) is 52.9 Å². The Morgan fingerprint density at radius 2 is 2.04 bits per heavy atom. The highest BCUT2D eigenvalue weighted by Crippen LogP contribution is 2.21. The first-order valence-electron chi connectivity index (χ1n) is 6.89. The zero-order chi connectivity index (χ0) is 17.7. The molecule has 0 spiro atoms. The lowest BCUT2D eigenvalue weighted by molar-refractivity contribution is -0.116. The minimum Gasteiger partial charge on any atom is -0.465 e. The van der Waals surface area contributed by atoms with E-state index in [1.54, 1.807) is 12.1 Å². The molecule has 2 aromatic rings. The van der Waals surface area contributed by atoms with Gasteiger partial charge in [-0.1, -0.05) is 11.6 Å². The molecule has 2 rings (SSSR count). The topological polar surface area (TPSA) is 88.9 Å². The van der Waals surface area contributed by atoms with Crippen molar-refractivity contribution < 1.29 is 23.5 Å². The Kier molecular flexibility index (Phi) is 5.59. The molecule has 0 saturated carbocycles. The zero-order valence-electron chi connectivity index (χ0n) is 13.0. The van der Waals surface area contributed by atoms with Crippen LogP contribution in [0.1, 0.15) is 20.9 Å². The number of ether oxygens (including phenoxy) is 1. The van der Waals surface area contributed by atoms with E-state index in [4.69, 9.17) is 16.0 Å². The molecule has 0 saturated heterocycles. The predicted octanol–water partition coefficient (Wildman–Crippen LogP) is 2.43. The minimum absolute atomic E-state index is 0.136.